The summed E-state index contributed by atoms with van der Waals surface area (Å²) in [5.41, 5.74) is 1.62. The Morgan fingerprint density at radius 3 is 2.60 bits per heavy atom. The van der Waals surface area contributed by atoms with Gasteiger partial charge in [-0.1, -0.05) is 13.0 Å². The maximum Gasteiger partial charge on any atom is 0.247 e. The summed E-state index contributed by atoms with van der Waals surface area (Å²) < 4.78 is 10.5. The van der Waals surface area contributed by atoms with Crippen LogP contribution in [0.5, 0.6) is 11.5 Å². The average molecular weight is 277 g/mol. The van der Waals surface area contributed by atoms with Gasteiger partial charge in [-0.3, -0.25) is 4.79 Å². The molecule has 1 atom stereocenters. The standard InChI is InChI=1S/C16H23NO3/c1-6-7-11(2)16(18)17-12(3)14-10-13(19-4)8-9-15(14)20-5/h7-10,12H,6H2,1-5H3,(H,17,18)/b11-7+/t12-/m0/s1. The third kappa shape index (κ3) is 4.02. The summed E-state index contributed by atoms with van der Waals surface area (Å²) in [5, 5.41) is 2.96. The molecule has 0 heterocycles. The van der Waals surface area contributed by atoms with E-state index in [1.165, 1.54) is 0 Å². The van der Waals surface area contributed by atoms with Crippen molar-refractivity contribution < 1.29 is 14.3 Å². The van der Waals surface area contributed by atoms with Gasteiger partial charge in [0.15, 0.2) is 0 Å². The molecule has 0 bridgehead atoms. The fourth-order valence-electron chi connectivity index (χ4n) is 1.96. The molecule has 0 spiro atoms. The van der Waals surface area contributed by atoms with Gasteiger partial charge in [0.1, 0.15) is 11.5 Å². The summed E-state index contributed by atoms with van der Waals surface area (Å²) in [5.74, 6) is 1.41. The van der Waals surface area contributed by atoms with Gasteiger partial charge in [0.25, 0.3) is 0 Å². The Labute approximate surface area is 120 Å². The zero-order valence-corrected chi connectivity index (χ0v) is 12.8. The molecule has 0 radical (unpaired) electrons. The summed E-state index contributed by atoms with van der Waals surface area (Å²) in [6.45, 7) is 5.74. The minimum atomic E-state index is -0.159. The molecule has 1 aromatic carbocycles. The van der Waals surface area contributed by atoms with Crippen molar-refractivity contribution in [3.8, 4) is 11.5 Å². The number of ether oxygens (including phenoxy) is 2. The lowest BCUT2D eigenvalue weighted by atomic mass is 10.1. The second kappa shape index (κ2) is 7.58. The molecule has 1 aromatic rings. The van der Waals surface area contributed by atoms with Gasteiger partial charge < -0.3 is 14.8 Å². The molecule has 0 aromatic heterocycles. The molecule has 0 fully saturated rings. The third-order valence-electron chi connectivity index (χ3n) is 3.12. The Kier molecular flexibility index (Phi) is 6.10. The predicted molar refractivity (Wildman–Crippen MR) is 80.2 cm³/mol. The first-order valence-electron chi connectivity index (χ1n) is 6.73. The van der Waals surface area contributed by atoms with Gasteiger partial charge in [-0.25, -0.2) is 0 Å². The quantitative estimate of drug-likeness (QED) is 0.812. The fraction of sp³-hybridized carbons (Fsp3) is 0.438. The Morgan fingerprint density at radius 1 is 1.35 bits per heavy atom. The van der Waals surface area contributed by atoms with Crippen molar-refractivity contribution in [2.75, 3.05) is 14.2 Å². The van der Waals surface area contributed by atoms with Gasteiger partial charge in [0.05, 0.1) is 20.3 Å². The van der Waals surface area contributed by atoms with E-state index < -0.39 is 0 Å². The zero-order valence-electron chi connectivity index (χ0n) is 12.8. The fourth-order valence-corrected chi connectivity index (χ4v) is 1.96. The highest BCUT2D eigenvalue weighted by Crippen LogP contribution is 2.29. The summed E-state index contributed by atoms with van der Waals surface area (Å²) in [6.07, 6.45) is 2.75. The van der Waals surface area contributed by atoms with Crippen LogP contribution in [0, 0.1) is 0 Å². The number of allylic oxidation sites excluding steroid dienone is 1. The van der Waals surface area contributed by atoms with E-state index in [0.29, 0.717) is 0 Å². The van der Waals surface area contributed by atoms with Gasteiger partial charge in [-0.05, 0) is 38.5 Å². The number of nitrogens with one attached hydrogen (secondary N) is 1. The van der Waals surface area contributed by atoms with E-state index in [9.17, 15) is 4.79 Å². The highest BCUT2D eigenvalue weighted by Gasteiger charge is 2.15. The van der Waals surface area contributed by atoms with Crippen molar-refractivity contribution in [2.24, 2.45) is 0 Å². The number of hydrogen-bond acceptors (Lipinski definition) is 3. The lowest BCUT2D eigenvalue weighted by Crippen LogP contribution is -2.27. The Morgan fingerprint density at radius 2 is 2.05 bits per heavy atom. The molecule has 4 heteroatoms. The molecule has 1 N–H and O–H groups in total. The van der Waals surface area contributed by atoms with E-state index in [4.69, 9.17) is 9.47 Å². The number of carbonyl (C=O) groups is 1. The number of rotatable bonds is 6. The van der Waals surface area contributed by atoms with Crippen molar-refractivity contribution in [1.29, 1.82) is 0 Å². The van der Waals surface area contributed by atoms with E-state index in [1.54, 1.807) is 14.2 Å². The van der Waals surface area contributed by atoms with Gasteiger partial charge in [0.2, 0.25) is 5.91 Å². The molecule has 1 amide bonds. The molecule has 0 unspecified atom stereocenters. The molecule has 4 nitrogen and oxygen atoms in total. The van der Waals surface area contributed by atoms with Crippen LogP contribution in [0.1, 0.15) is 38.8 Å². The number of amides is 1. The topological polar surface area (TPSA) is 47.6 Å². The van der Waals surface area contributed by atoms with Crippen LogP contribution >= 0.6 is 0 Å². The lowest BCUT2D eigenvalue weighted by molar-refractivity contribution is -0.118. The van der Waals surface area contributed by atoms with Crippen LogP contribution in [0.25, 0.3) is 0 Å². The average Bonchev–Trinajstić information content (AvgIpc) is 2.46. The Hall–Kier alpha value is -1.97. The second-order valence-corrected chi connectivity index (χ2v) is 4.60. The minimum Gasteiger partial charge on any atom is -0.497 e. The molecule has 0 aliphatic rings. The molecular weight excluding hydrogens is 254 g/mol. The van der Waals surface area contributed by atoms with Crippen molar-refractivity contribution in [1.82, 2.24) is 5.32 Å². The van der Waals surface area contributed by atoms with E-state index in [0.717, 1.165) is 29.1 Å². The molecular formula is C16H23NO3. The lowest BCUT2D eigenvalue weighted by Gasteiger charge is -2.18. The molecule has 0 saturated carbocycles. The largest absolute Gasteiger partial charge is 0.497 e. The third-order valence-corrected chi connectivity index (χ3v) is 3.12. The monoisotopic (exact) mass is 277 g/mol. The highest BCUT2D eigenvalue weighted by molar-refractivity contribution is 5.93. The molecule has 0 aliphatic carbocycles. The van der Waals surface area contributed by atoms with E-state index in [-0.39, 0.29) is 11.9 Å². The van der Waals surface area contributed by atoms with Crippen molar-refractivity contribution in [3.63, 3.8) is 0 Å². The summed E-state index contributed by atoms with van der Waals surface area (Å²) >= 11 is 0. The molecule has 0 aliphatic heterocycles. The van der Waals surface area contributed by atoms with E-state index >= 15 is 0 Å². The SMILES string of the molecule is CC/C=C(\C)C(=O)N[C@@H](C)c1cc(OC)ccc1OC. The number of methoxy groups -OCH3 is 2. The van der Waals surface area contributed by atoms with Crippen LogP contribution in [-0.2, 0) is 4.79 Å². The smallest absolute Gasteiger partial charge is 0.247 e. The maximum atomic E-state index is 12.0. The van der Waals surface area contributed by atoms with Crippen LogP contribution in [0.4, 0.5) is 0 Å². The van der Waals surface area contributed by atoms with Crippen molar-refractivity contribution in [3.05, 3.63) is 35.4 Å². The van der Waals surface area contributed by atoms with E-state index in [1.807, 2.05) is 45.0 Å². The first kappa shape index (κ1) is 16.1. The van der Waals surface area contributed by atoms with Gasteiger partial charge in [0, 0.05) is 11.1 Å². The second-order valence-electron chi connectivity index (χ2n) is 4.60. The van der Waals surface area contributed by atoms with Gasteiger partial charge in [-0.15, -0.1) is 0 Å². The number of benzene rings is 1. The Bertz CT molecular complexity index is 494. The molecule has 1 rings (SSSR count). The van der Waals surface area contributed by atoms with Crippen LogP contribution in [-0.4, -0.2) is 20.1 Å². The van der Waals surface area contributed by atoms with Gasteiger partial charge >= 0.3 is 0 Å². The zero-order chi connectivity index (χ0) is 15.1. The number of hydrogen-bond donors (Lipinski definition) is 1. The van der Waals surface area contributed by atoms with Crippen LogP contribution in [0.2, 0.25) is 0 Å². The van der Waals surface area contributed by atoms with E-state index in [2.05, 4.69) is 5.32 Å². The highest BCUT2D eigenvalue weighted by atomic mass is 16.5. The van der Waals surface area contributed by atoms with Crippen LogP contribution in [0.3, 0.4) is 0 Å². The van der Waals surface area contributed by atoms with Crippen molar-refractivity contribution >= 4 is 5.91 Å². The number of carbonyl (C=O) groups excluding carboxylic acids is 1. The first-order valence-corrected chi connectivity index (χ1v) is 6.73. The minimum absolute atomic E-state index is 0.0655. The van der Waals surface area contributed by atoms with Crippen molar-refractivity contribution in [2.45, 2.75) is 33.2 Å². The Balaban J connectivity index is 2.93. The van der Waals surface area contributed by atoms with Crippen LogP contribution in [0.15, 0.2) is 29.8 Å². The summed E-state index contributed by atoms with van der Waals surface area (Å²) in [6, 6.07) is 5.39. The molecule has 110 valence electrons. The summed E-state index contributed by atoms with van der Waals surface area (Å²) in [4.78, 5) is 12.0. The maximum absolute atomic E-state index is 12.0. The first-order chi connectivity index (χ1) is 9.53. The normalized spacial score (nSPS) is 12.8. The van der Waals surface area contributed by atoms with Crippen LogP contribution < -0.4 is 14.8 Å². The summed E-state index contributed by atoms with van der Waals surface area (Å²) in [7, 11) is 3.23. The predicted octanol–water partition coefficient (Wildman–Crippen LogP) is 3.24. The van der Waals surface area contributed by atoms with Gasteiger partial charge in [-0.2, -0.15) is 0 Å². The molecule has 20 heavy (non-hydrogen) atoms. The molecule has 0 saturated heterocycles.